The van der Waals surface area contributed by atoms with Crippen LogP contribution in [0.25, 0.3) is 10.8 Å². The lowest BCUT2D eigenvalue weighted by Crippen LogP contribution is -2.19. The maximum absolute atomic E-state index is 12.1. The SMILES string of the molecule is O=C(Nc1ccccc1Br)Nc1cccc2ccccc12. The summed E-state index contributed by atoms with van der Waals surface area (Å²) in [4.78, 5) is 12.1. The van der Waals surface area contributed by atoms with Crippen LogP contribution in [0, 0.1) is 0 Å². The fourth-order valence-electron chi connectivity index (χ4n) is 2.17. The summed E-state index contributed by atoms with van der Waals surface area (Å²) in [6, 6.07) is 21.0. The Hall–Kier alpha value is -2.33. The molecule has 0 spiro atoms. The van der Waals surface area contributed by atoms with Crippen LogP contribution in [0.5, 0.6) is 0 Å². The number of nitrogens with one attached hydrogen (secondary N) is 2. The second-order valence-electron chi connectivity index (χ2n) is 4.59. The van der Waals surface area contributed by atoms with Gasteiger partial charge in [-0.1, -0.05) is 48.5 Å². The molecule has 3 aromatic carbocycles. The predicted molar refractivity (Wildman–Crippen MR) is 90.7 cm³/mol. The minimum Gasteiger partial charge on any atom is -0.307 e. The third-order valence-electron chi connectivity index (χ3n) is 3.16. The summed E-state index contributed by atoms with van der Waals surface area (Å²) in [6.07, 6.45) is 0. The van der Waals surface area contributed by atoms with Crippen LogP contribution in [0.1, 0.15) is 0 Å². The number of hydrogen-bond acceptors (Lipinski definition) is 1. The first kappa shape index (κ1) is 13.6. The molecule has 0 unspecified atom stereocenters. The lowest BCUT2D eigenvalue weighted by Gasteiger charge is -2.11. The highest BCUT2D eigenvalue weighted by Crippen LogP contribution is 2.24. The van der Waals surface area contributed by atoms with Crippen molar-refractivity contribution in [3.8, 4) is 0 Å². The lowest BCUT2D eigenvalue weighted by molar-refractivity contribution is 0.262. The zero-order chi connectivity index (χ0) is 14.7. The van der Waals surface area contributed by atoms with Crippen molar-refractivity contribution in [2.75, 3.05) is 10.6 Å². The molecule has 0 radical (unpaired) electrons. The predicted octanol–water partition coefficient (Wildman–Crippen LogP) is 5.25. The van der Waals surface area contributed by atoms with Gasteiger partial charge in [-0.2, -0.15) is 0 Å². The van der Waals surface area contributed by atoms with Crippen LogP contribution in [-0.2, 0) is 0 Å². The van der Waals surface area contributed by atoms with Crippen molar-refractivity contribution >= 4 is 44.1 Å². The molecule has 0 bridgehead atoms. The second-order valence-corrected chi connectivity index (χ2v) is 5.44. The van der Waals surface area contributed by atoms with Crippen LogP contribution >= 0.6 is 15.9 Å². The summed E-state index contributed by atoms with van der Waals surface area (Å²) in [6.45, 7) is 0. The Labute approximate surface area is 131 Å². The van der Waals surface area contributed by atoms with E-state index in [2.05, 4.69) is 26.6 Å². The average Bonchev–Trinajstić information content (AvgIpc) is 2.50. The Morgan fingerprint density at radius 2 is 1.38 bits per heavy atom. The number of urea groups is 1. The Bertz CT molecular complexity index is 796. The van der Waals surface area contributed by atoms with Crippen molar-refractivity contribution in [3.05, 3.63) is 71.2 Å². The first-order valence-corrected chi connectivity index (χ1v) is 7.33. The highest BCUT2D eigenvalue weighted by Gasteiger charge is 2.07. The van der Waals surface area contributed by atoms with Gasteiger partial charge in [-0.05, 0) is 39.5 Å². The molecule has 3 nitrogen and oxygen atoms in total. The first-order chi connectivity index (χ1) is 10.2. The minimum absolute atomic E-state index is 0.266. The number of benzene rings is 3. The number of amides is 2. The second kappa shape index (κ2) is 5.97. The van der Waals surface area contributed by atoms with E-state index in [1.54, 1.807) is 0 Å². The summed E-state index contributed by atoms with van der Waals surface area (Å²) in [5, 5.41) is 7.83. The number of carbonyl (C=O) groups is 1. The molecule has 2 N–H and O–H groups in total. The summed E-state index contributed by atoms with van der Waals surface area (Å²) in [5.74, 6) is 0. The topological polar surface area (TPSA) is 41.1 Å². The molecular weight excluding hydrogens is 328 g/mol. The third kappa shape index (κ3) is 3.06. The highest BCUT2D eigenvalue weighted by molar-refractivity contribution is 9.10. The van der Waals surface area contributed by atoms with Gasteiger partial charge in [0.2, 0.25) is 0 Å². The summed E-state index contributed by atoms with van der Waals surface area (Å²) in [7, 11) is 0. The molecule has 0 saturated heterocycles. The van der Waals surface area contributed by atoms with E-state index >= 15 is 0 Å². The van der Waals surface area contributed by atoms with E-state index in [1.807, 2.05) is 66.7 Å². The van der Waals surface area contributed by atoms with Gasteiger partial charge in [-0.3, -0.25) is 0 Å². The fourth-order valence-corrected chi connectivity index (χ4v) is 2.56. The molecule has 3 rings (SSSR count). The van der Waals surface area contributed by atoms with Crippen molar-refractivity contribution < 1.29 is 4.79 Å². The van der Waals surface area contributed by atoms with Gasteiger partial charge in [0.05, 0.1) is 11.4 Å². The smallest absolute Gasteiger partial charge is 0.307 e. The number of carbonyl (C=O) groups excluding carboxylic acids is 1. The summed E-state index contributed by atoms with van der Waals surface area (Å²) < 4.78 is 0.845. The van der Waals surface area contributed by atoms with Crippen LogP contribution in [0.2, 0.25) is 0 Å². The standard InChI is InChI=1S/C17H13BrN2O/c18-14-9-3-4-10-16(14)20-17(21)19-15-11-5-7-12-6-1-2-8-13(12)15/h1-11H,(H2,19,20,21). The number of para-hydroxylation sites is 1. The Morgan fingerprint density at radius 3 is 2.24 bits per heavy atom. The number of rotatable bonds is 2. The van der Waals surface area contributed by atoms with Crippen LogP contribution in [0.15, 0.2) is 71.2 Å². The molecule has 2 amide bonds. The summed E-state index contributed by atoms with van der Waals surface area (Å²) >= 11 is 3.41. The fraction of sp³-hybridized carbons (Fsp3) is 0. The van der Waals surface area contributed by atoms with Crippen LogP contribution < -0.4 is 10.6 Å². The van der Waals surface area contributed by atoms with Gasteiger partial charge in [0.1, 0.15) is 0 Å². The van der Waals surface area contributed by atoms with E-state index < -0.39 is 0 Å². The quantitative estimate of drug-likeness (QED) is 0.657. The largest absolute Gasteiger partial charge is 0.323 e. The number of anilines is 2. The first-order valence-electron chi connectivity index (χ1n) is 6.54. The molecule has 0 heterocycles. The van der Waals surface area contributed by atoms with E-state index in [0.29, 0.717) is 0 Å². The molecular formula is C17H13BrN2O. The molecule has 3 aromatic rings. The zero-order valence-corrected chi connectivity index (χ0v) is 12.7. The molecule has 0 aliphatic carbocycles. The number of halogens is 1. The Kier molecular flexibility index (Phi) is 3.88. The van der Waals surface area contributed by atoms with Gasteiger partial charge in [0, 0.05) is 9.86 Å². The molecule has 0 aromatic heterocycles. The van der Waals surface area contributed by atoms with E-state index in [0.717, 1.165) is 26.6 Å². The maximum atomic E-state index is 12.1. The molecule has 104 valence electrons. The molecule has 21 heavy (non-hydrogen) atoms. The molecule has 0 atom stereocenters. The Balaban J connectivity index is 1.82. The van der Waals surface area contributed by atoms with Gasteiger partial charge in [-0.15, -0.1) is 0 Å². The molecule has 0 aliphatic rings. The van der Waals surface area contributed by atoms with Crippen LogP contribution in [0.3, 0.4) is 0 Å². The average molecular weight is 341 g/mol. The third-order valence-corrected chi connectivity index (χ3v) is 3.85. The normalized spacial score (nSPS) is 10.3. The lowest BCUT2D eigenvalue weighted by atomic mass is 10.1. The molecule has 0 aliphatic heterocycles. The molecule has 0 fully saturated rings. The highest BCUT2D eigenvalue weighted by atomic mass is 79.9. The van der Waals surface area contributed by atoms with Crippen molar-refractivity contribution in [1.29, 1.82) is 0 Å². The van der Waals surface area contributed by atoms with Crippen molar-refractivity contribution in [1.82, 2.24) is 0 Å². The van der Waals surface area contributed by atoms with Crippen molar-refractivity contribution in [2.45, 2.75) is 0 Å². The van der Waals surface area contributed by atoms with Gasteiger partial charge in [0.25, 0.3) is 0 Å². The maximum Gasteiger partial charge on any atom is 0.323 e. The van der Waals surface area contributed by atoms with Crippen molar-refractivity contribution in [2.24, 2.45) is 0 Å². The van der Waals surface area contributed by atoms with Crippen LogP contribution in [0.4, 0.5) is 16.2 Å². The molecule has 4 heteroatoms. The summed E-state index contributed by atoms with van der Waals surface area (Å²) in [5.41, 5.74) is 1.52. The van der Waals surface area contributed by atoms with Gasteiger partial charge >= 0.3 is 6.03 Å². The van der Waals surface area contributed by atoms with Gasteiger partial charge in [0.15, 0.2) is 0 Å². The molecule has 0 saturated carbocycles. The van der Waals surface area contributed by atoms with E-state index in [1.165, 1.54) is 0 Å². The minimum atomic E-state index is -0.266. The van der Waals surface area contributed by atoms with E-state index in [4.69, 9.17) is 0 Å². The van der Waals surface area contributed by atoms with Gasteiger partial charge in [-0.25, -0.2) is 4.79 Å². The zero-order valence-electron chi connectivity index (χ0n) is 11.1. The van der Waals surface area contributed by atoms with Crippen LogP contribution in [-0.4, -0.2) is 6.03 Å². The number of hydrogen-bond donors (Lipinski definition) is 2. The van der Waals surface area contributed by atoms with Crippen molar-refractivity contribution in [3.63, 3.8) is 0 Å². The van der Waals surface area contributed by atoms with E-state index in [9.17, 15) is 4.79 Å². The van der Waals surface area contributed by atoms with E-state index in [-0.39, 0.29) is 6.03 Å². The Morgan fingerprint density at radius 1 is 0.762 bits per heavy atom. The van der Waals surface area contributed by atoms with Gasteiger partial charge < -0.3 is 10.6 Å². The number of fused-ring (bicyclic) bond motifs is 1. The monoisotopic (exact) mass is 340 g/mol.